The fourth-order valence-electron chi connectivity index (χ4n) is 5.53. The molecule has 1 aromatic heterocycles. The topological polar surface area (TPSA) is 22.3 Å². The van der Waals surface area contributed by atoms with Gasteiger partial charge in [-0.2, -0.15) is 4.57 Å². The van der Waals surface area contributed by atoms with E-state index in [-0.39, 0.29) is 0 Å². The summed E-state index contributed by atoms with van der Waals surface area (Å²) >= 11 is 1.78. The molecular weight excluding hydrogens is 462 g/mol. The number of thiazole rings is 1. The molecule has 1 aliphatic heterocycles. The van der Waals surface area contributed by atoms with Gasteiger partial charge in [0.05, 0.1) is 18.1 Å². The second-order valence-electron chi connectivity index (χ2n) is 11.4. The second kappa shape index (κ2) is 23.7. The summed E-state index contributed by atoms with van der Waals surface area (Å²) in [7, 11) is 0. The van der Waals surface area contributed by atoms with Crippen LogP contribution >= 0.6 is 11.3 Å². The molecule has 1 aliphatic rings. The van der Waals surface area contributed by atoms with Gasteiger partial charge in [0, 0.05) is 19.6 Å². The third kappa shape index (κ3) is 17.9. The van der Waals surface area contributed by atoms with Crippen LogP contribution in [-0.2, 0) is 16.0 Å². The van der Waals surface area contributed by atoms with Gasteiger partial charge in [0.15, 0.2) is 6.20 Å². The van der Waals surface area contributed by atoms with E-state index in [0.29, 0.717) is 6.10 Å². The summed E-state index contributed by atoms with van der Waals surface area (Å²) in [6.07, 6.45) is 33.2. The van der Waals surface area contributed by atoms with Gasteiger partial charge in [0.25, 0.3) is 0 Å². The highest BCUT2D eigenvalue weighted by molar-refractivity contribution is 7.07. The van der Waals surface area contributed by atoms with Crippen molar-refractivity contribution in [3.63, 3.8) is 0 Å². The highest BCUT2D eigenvalue weighted by Gasteiger charge is 2.24. The van der Waals surface area contributed by atoms with E-state index in [1.807, 2.05) is 0 Å². The maximum Gasteiger partial charge on any atom is 0.224 e. The standard InChI is InChI=1S/C32H60NO2S/c1-2-3-4-5-6-7-8-9-10-11-12-13-14-16-19-22-31-27-32(35-28-31)29-34-25-21-18-15-17-20-23-33-24-26-36-30-33/h24,26,30-32H,2-23,25,27-29H2,1H3/q+1/t31-,32+/m0/s1. The molecule has 0 saturated carbocycles. The van der Waals surface area contributed by atoms with Crippen LogP contribution in [0.15, 0.2) is 17.1 Å². The molecule has 1 aromatic rings. The molecule has 2 atom stereocenters. The SMILES string of the molecule is CCCCCCCCCCCCCCCCC[C@@H]1CO[C@@H](COCCCCCCC[n+]2ccsc2)C1. The van der Waals surface area contributed by atoms with E-state index >= 15 is 0 Å². The molecule has 1 saturated heterocycles. The van der Waals surface area contributed by atoms with Gasteiger partial charge >= 0.3 is 0 Å². The number of nitrogens with zero attached hydrogens (tertiary/aromatic N) is 1. The first-order valence-corrected chi connectivity index (χ1v) is 16.9. The molecule has 0 bridgehead atoms. The fraction of sp³-hybridized carbons (Fsp3) is 0.906. The van der Waals surface area contributed by atoms with Crippen LogP contribution in [0.3, 0.4) is 0 Å². The average molecular weight is 523 g/mol. The minimum Gasteiger partial charge on any atom is -0.379 e. The van der Waals surface area contributed by atoms with Crippen LogP contribution in [0.5, 0.6) is 0 Å². The Balaban J connectivity index is 1.25. The van der Waals surface area contributed by atoms with Crippen molar-refractivity contribution >= 4 is 11.3 Å². The molecule has 0 unspecified atom stereocenters. The van der Waals surface area contributed by atoms with Gasteiger partial charge in [-0.05, 0) is 31.6 Å². The molecule has 0 radical (unpaired) electrons. The summed E-state index contributed by atoms with van der Waals surface area (Å²) < 4.78 is 14.2. The van der Waals surface area contributed by atoms with E-state index in [4.69, 9.17) is 9.47 Å². The number of aryl methyl sites for hydroxylation is 1. The summed E-state index contributed by atoms with van der Waals surface area (Å²) in [6.45, 7) is 6.15. The lowest BCUT2D eigenvalue weighted by molar-refractivity contribution is -0.692. The van der Waals surface area contributed by atoms with E-state index in [2.05, 4.69) is 28.6 Å². The van der Waals surface area contributed by atoms with Gasteiger partial charge < -0.3 is 9.47 Å². The Morgan fingerprint density at radius 1 is 0.750 bits per heavy atom. The van der Waals surface area contributed by atoms with Gasteiger partial charge in [-0.3, -0.25) is 0 Å². The minimum atomic E-state index is 0.356. The number of hydrogen-bond acceptors (Lipinski definition) is 3. The molecule has 4 heteroatoms. The van der Waals surface area contributed by atoms with Crippen LogP contribution in [-0.4, -0.2) is 25.9 Å². The Kier molecular flexibility index (Phi) is 20.9. The first-order valence-electron chi connectivity index (χ1n) is 16.0. The number of rotatable bonds is 26. The van der Waals surface area contributed by atoms with Crippen LogP contribution in [0.4, 0.5) is 0 Å². The zero-order valence-electron chi connectivity index (χ0n) is 23.9. The molecule has 2 rings (SSSR count). The normalized spacial score (nSPS) is 17.8. The van der Waals surface area contributed by atoms with Crippen molar-refractivity contribution in [2.75, 3.05) is 19.8 Å². The fourth-order valence-corrected chi connectivity index (χ4v) is 6.16. The van der Waals surface area contributed by atoms with E-state index in [0.717, 1.165) is 25.7 Å². The number of unbranched alkanes of at least 4 members (excludes halogenated alkanes) is 18. The molecule has 36 heavy (non-hydrogen) atoms. The molecule has 210 valence electrons. The first-order chi connectivity index (χ1) is 17.9. The highest BCUT2D eigenvalue weighted by atomic mass is 32.1. The first kappa shape index (κ1) is 31.8. The lowest BCUT2D eigenvalue weighted by Crippen LogP contribution is -2.29. The maximum absolute atomic E-state index is 6.01. The van der Waals surface area contributed by atoms with Crippen molar-refractivity contribution in [1.82, 2.24) is 0 Å². The van der Waals surface area contributed by atoms with Crippen molar-refractivity contribution in [1.29, 1.82) is 0 Å². The van der Waals surface area contributed by atoms with Gasteiger partial charge in [-0.1, -0.05) is 127 Å². The smallest absolute Gasteiger partial charge is 0.224 e. The predicted octanol–water partition coefficient (Wildman–Crippen LogP) is 9.67. The minimum absolute atomic E-state index is 0.356. The lowest BCUT2D eigenvalue weighted by atomic mass is 9.97. The third-order valence-electron chi connectivity index (χ3n) is 7.92. The number of hydrogen-bond donors (Lipinski definition) is 0. The van der Waals surface area contributed by atoms with E-state index in [1.165, 1.54) is 148 Å². The summed E-state index contributed by atoms with van der Waals surface area (Å²) in [5.41, 5.74) is 2.20. The van der Waals surface area contributed by atoms with Gasteiger partial charge in [0.1, 0.15) is 6.54 Å². The summed E-state index contributed by atoms with van der Waals surface area (Å²) in [5.74, 6) is 0.779. The zero-order chi connectivity index (χ0) is 25.4. The molecule has 1 fully saturated rings. The maximum atomic E-state index is 6.01. The average Bonchev–Trinajstić information content (AvgIpc) is 3.58. The van der Waals surface area contributed by atoms with Crippen LogP contribution in [0.1, 0.15) is 148 Å². The van der Waals surface area contributed by atoms with Crippen LogP contribution in [0.25, 0.3) is 0 Å². The van der Waals surface area contributed by atoms with Crippen LogP contribution in [0, 0.1) is 5.92 Å². The van der Waals surface area contributed by atoms with Gasteiger partial charge in [0.2, 0.25) is 5.51 Å². The highest BCUT2D eigenvalue weighted by Crippen LogP contribution is 2.25. The van der Waals surface area contributed by atoms with E-state index in [1.54, 1.807) is 11.3 Å². The Morgan fingerprint density at radius 3 is 1.94 bits per heavy atom. The van der Waals surface area contributed by atoms with E-state index < -0.39 is 0 Å². The molecule has 0 N–H and O–H groups in total. The molecule has 2 heterocycles. The molecular formula is C32H60NO2S+. The van der Waals surface area contributed by atoms with E-state index in [9.17, 15) is 0 Å². The van der Waals surface area contributed by atoms with Crippen LogP contribution < -0.4 is 4.57 Å². The Labute approximate surface area is 228 Å². The monoisotopic (exact) mass is 522 g/mol. The summed E-state index contributed by atoms with van der Waals surface area (Å²) in [4.78, 5) is 0. The Hall–Kier alpha value is -0.450. The van der Waals surface area contributed by atoms with Gasteiger partial charge in [-0.25, -0.2) is 0 Å². The van der Waals surface area contributed by atoms with Crippen molar-refractivity contribution in [2.45, 2.75) is 161 Å². The second-order valence-corrected chi connectivity index (χ2v) is 12.2. The molecule has 0 aliphatic carbocycles. The largest absolute Gasteiger partial charge is 0.379 e. The van der Waals surface area contributed by atoms with Crippen molar-refractivity contribution < 1.29 is 14.0 Å². The van der Waals surface area contributed by atoms with Crippen molar-refractivity contribution in [3.8, 4) is 0 Å². The quantitative estimate of drug-likeness (QED) is 0.0892. The van der Waals surface area contributed by atoms with Crippen LogP contribution in [0.2, 0.25) is 0 Å². The molecule has 0 amide bonds. The third-order valence-corrected chi connectivity index (χ3v) is 8.59. The molecule has 0 spiro atoms. The zero-order valence-corrected chi connectivity index (χ0v) is 24.8. The summed E-state index contributed by atoms with van der Waals surface area (Å²) in [6, 6.07) is 0. The summed E-state index contributed by atoms with van der Waals surface area (Å²) in [5, 5.41) is 2.15. The Morgan fingerprint density at radius 2 is 1.33 bits per heavy atom. The van der Waals surface area contributed by atoms with Gasteiger partial charge in [-0.15, -0.1) is 0 Å². The molecule has 0 aromatic carbocycles. The Bertz CT molecular complexity index is 565. The lowest BCUT2D eigenvalue weighted by Gasteiger charge is -2.10. The number of ether oxygens (including phenoxy) is 2. The predicted molar refractivity (Wildman–Crippen MR) is 156 cm³/mol. The van der Waals surface area contributed by atoms with Crippen molar-refractivity contribution in [3.05, 3.63) is 17.1 Å². The molecule has 3 nitrogen and oxygen atoms in total. The van der Waals surface area contributed by atoms with Crippen molar-refractivity contribution in [2.24, 2.45) is 5.92 Å². The number of aromatic nitrogens is 1.